The van der Waals surface area contributed by atoms with Crippen molar-refractivity contribution in [3.63, 3.8) is 0 Å². The van der Waals surface area contributed by atoms with Crippen LogP contribution in [0.1, 0.15) is 11.3 Å². The summed E-state index contributed by atoms with van der Waals surface area (Å²) in [6.07, 6.45) is -3.49. The molecule has 0 aliphatic carbocycles. The van der Waals surface area contributed by atoms with E-state index in [2.05, 4.69) is 4.98 Å². The molecule has 0 saturated carbocycles. The van der Waals surface area contributed by atoms with Gasteiger partial charge >= 0.3 is 6.18 Å². The van der Waals surface area contributed by atoms with Gasteiger partial charge in [0.25, 0.3) is 0 Å². The first-order valence-corrected chi connectivity index (χ1v) is 8.40. The molecule has 3 aromatic rings. The summed E-state index contributed by atoms with van der Waals surface area (Å²) in [7, 11) is 0. The van der Waals surface area contributed by atoms with Gasteiger partial charge in [0.05, 0.1) is 16.6 Å². The van der Waals surface area contributed by atoms with Crippen molar-refractivity contribution < 1.29 is 22.3 Å². The molecular weight excluding hydrogens is 402 g/mol. The number of alkyl halides is 3. The number of ether oxygens (including phenoxy) is 1. The van der Waals surface area contributed by atoms with E-state index in [9.17, 15) is 17.6 Å². The highest BCUT2D eigenvalue weighted by molar-refractivity contribution is 6.11. The Morgan fingerprint density at radius 1 is 1.10 bits per heavy atom. The quantitative estimate of drug-likeness (QED) is 0.275. The lowest BCUT2D eigenvalue weighted by molar-refractivity contribution is -0.0919. The van der Waals surface area contributed by atoms with Gasteiger partial charge in [0.2, 0.25) is 0 Å². The zero-order valence-electron chi connectivity index (χ0n) is 15.2. The van der Waals surface area contributed by atoms with E-state index < -0.39 is 23.3 Å². The highest BCUT2D eigenvalue weighted by Crippen LogP contribution is 2.37. The molecular formula is C20H15F4N5O. The number of benzene rings is 2. The van der Waals surface area contributed by atoms with Crippen molar-refractivity contribution in [1.29, 1.82) is 10.8 Å². The van der Waals surface area contributed by atoms with Crippen molar-refractivity contribution in [1.82, 2.24) is 4.98 Å². The predicted molar refractivity (Wildman–Crippen MR) is 106 cm³/mol. The topological polar surface area (TPSA) is 122 Å². The molecule has 3 rings (SSSR count). The molecule has 0 radical (unpaired) electrons. The van der Waals surface area contributed by atoms with Gasteiger partial charge in [0.15, 0.2) is 0 Å². The number of anilines is 1. The van der Waals surface area contributed by atoms with Crippen LogP contribution in [0.3, 0.4) is 0 Å². The van der Waals surface area contributed by atoms with Crippen LogP contribution in [0, 0.1) is 16.6 Å². The summed E-state index contributed by atoms with van der Waals surface area (Å²) in [6.45, 7) is 0. The van der Waals surface area contributed by atoms with Crippen LogP contribution in [-0.4, -0.2) is 23.6 Å². The minimum absolute atomic E-state index is 0.0271. The molecule has 0 atom stereocenters. The zero-order valence-corrected chi connectivity index (χ0v) is 15.2. The molecule has 0 saturated heterocycles. The van der Waals surface area contributed by atoms with Crippen LogP contribution in [0.25, 0.3) is 16.5 Å². The fraction of sp³-hybridized carbons (Fsp3) is 0.0500. The molecule has 0 aliphatic heterocycles. The molecule has 0 bridgehead atoms. The Hall–Kier alpha value is -3.95. The van der Waals surface area contributed by atoms with Crippen LogP contribution >= 0.6 is 0 Å². The molecule has 30 heavy (non-hydrogen) atoms. The molecule has 0 spiro atoms. The number of fused-ring (bicyclic) bond motifs is 1. The van der Waals surface area contributed by atoms with E-state index in [0.717, 1.165) is 18.3 Å². The molecule has 1 aromatic heterocycles. The van der Waals surface area contributed by atoms with E-state index in [0.29, 0.717) is 6.21 Å². The summed E-state index contributed by atoms with van der Waals surface area (Å²) >= 11 is 0. The lowest BCUT2D eigenvalue weighted by Gasteiger charge is -2.16. The third-order valence-electron chi connectivity index (χ3n) is 4.20. The third-order valence-corrected chi connectivity index (χ3v) is 4.20. The second-order valence-corrected chi connectivity index (χ2v) is 6.14. The van der Waals surface area contributed by atoms with Crippen LogP contribution in [0.2, 0.25) is 0 Å². The highest BCUT2D eigenvalue weighted by Gasteiger charge is 2.34. The van der Waals surface area contributed by atoms with E-state index in [1.807, 2.05) is 0 Å². The maximum absolute atomic E-state index is 13.6. The first kappa shape index (κ1) is 20.8. The van der Waals surface area contributed by atoms with Gasteiger partial charge in [-0.05, 0) is 24.3 Å². The summed E-state index contributed by atoms with van der Waals surface area (Å²) in [6, 6.07) is 9.13. The number of nitrogen functional groups attached to an aromatic ring is 1. The summed E-state index contributed by atoms with van der Waals surface area (Å²) in [5.74, 6) is -0.545. The fourth-order valence-electron chi connectivity index (χ4n) is 2.81. The molecule has 10 heteroatoms. The number of halogens is 4. The van der Waals surface area contributed by atoms with Gasteiger partial charge in [0.1, 0.15) is 23.0 Å². The monoisotopic (exact) mass is 417 g/mol. The largest absolute Gasteiger partial charge is 0.456 e. The van der Waals surface area contributed by atoms with Crippen LogP contribution in [0.5, 0.6) is 11.5 Å². The third kappa shape index (κ3) is 3.93. The highest BCUT2D eigenvalue weighted by atomic mass is 19.4. The van der Waals surface area contributed by atoms with Crippen molar-refractivity contribution in [3.8, 4) is 11.5 Å². The van der Waals surface area contributed by atoms with E-state index in [-0.39, 0.29) is 39.3 Å². The SMILES string of the molecule is N=CC(=C(N)C(F)(F)F)c1cc(Oc2cccc(F)c2)c2c(C=N)c(N)ccc2n1. The van der Waals surface area contributed by atoms with Gasteiger partial charge in [0, 0.05) is 41.4 Å². The zero-order chi connectivity index (χ0) is 22.1. The molecule has 154 valence electrons. The minimum atomic E-state index is -4.88. The van der Waals surface area contributed by atoms with Crippen LogP contribution in [0.4, 0.5) is 23.2 Å². The maximum atomic E-state index is 13.6. The van der Waals surface area contributed by atoms with Crippen molar-refractivity contribution in [3.05, 3.63) is 65.2 Å². The van der Waals surface area contributed by atoms with E-state index in [1.54, 1.807) is 0 Å². The minimum Gasteiger partial charge on any atom is -0.456 e. The van der Waals surface area contributed by atoms with Gasteiger partial charge in [-0.2, -0.15) is 13.2 Å². The second kappa shape index (κ2) is 7.82. The van der Waals surface area contributed by atoms with Gasteiger partial charge in [-0.25, -0.2) is 9.37 Å². The molecule has 0 aliphatic rings. The first-order chi connectivity index (χ1) is 14.2. The number of allylic oxidation sites excluding steroid dienone is 2. The number of nitrogens with two attached hydrogens (primary N) is 2. The van der Waals surface area contributed by atoms with E-state index >= 15 is 0 Å². The summed E-state index contributed by atoms with van der Waals surface area (Å²) in [4.78, 5) is 4.15. The van der Waals surface area contributed by atoms with E-state index in [1.165, 1.54) is 30.3 Å². The number of nitrogens with one attached hydrogen (secondary N) is 2. The molecule has 0 fully saturated rings. The molecule has 1 heterocycles. The molecule has 2 aromatic carbocycles. The van der Waals surface area contributed by atoms with Crippen molar-refractivity contribution in [2.75, 3.05) is 5.73 Å². The summed E-state index contributed by atoms with van der Waals surface area (Å²) in [5, 5.41) is 15.3. The van der Waals surface area contributed by atoms with E-state index in [4.69, 9.17) is 27.0 Å². The van der Waals surface area contributed by atoms with Gasteiger partial charge in [-0.3, -0.25) is 0 Å². The Labute approximate surface area is 167 Å². The second-order valence-electron chi connectivity index (χ2n) is 6.14. The lowest BCUT2D eigenvalue weighted by atomic mass is 10.0. The van der Waals surface area contributed by atoms with Crippen molar-refractivity contribution in [2.45, 2.75) is 6.18 Å². The normalized spacial score (nSPS) is 12.4. The number of nitrogens with zero attached hydrogens (tertiary/aromatic N) is 1. The lowest BCUT2D eigenvalue weighted by Crippen LogP contribution is -2.22. The maximum Gasteiger partial charge on any atom is 0.431 e. The Morgan fingerprint density at radius 2 is 1.83 bits per heavy atom. The van der Waals surface area contributed by atoms with Crippen LogP contribution in [0.15, 0.2) is 48.2 Å². The Balaban J connectivity index is 2.34. The number of rotatable bonds is 5. The molecule has 6 N–H and O–H groups in total. The fourth-order valence-corrected chi connectivity index (χ4v) is 2.81. The van der Waals surface area contributed by atoms with Gasteiger partial charge < -0.3 is 27.0 Å². The van der Waals surface area contributed by atoms with Crippen molar-refractivity contribution in [2.24, 2.45) is 5.73 Å². The van der Waals surface area contributed by atoms with Crippen LogP contribution in [-0.2, 0) is 0 Å². The summed E-state index contributed by atoms with van der Waals surface area (Å²) in [5.41, 5.74) is 9.26. The van der Waals surface area contributed by atoms with Gasteiger partial charge in [-0.1, -0.05) is 6.07 Å². The Morgan fingerprint density at radius 3 is 2.43 bits per heavy atom. The number of pyridine rings is 1. The summed E-state index contributed by atoms with van der Waals surface area (Å²) < 4.78 is 58.6. The number of hydrogen-bond donors (Lipinski definition) is 4. The first-order valence-electron chi connectivity index (χ1n) is 8.40. The van der Waals surface area contributed by atoms with Crippen LogP contribution < -0.4 is 16.2 Å². The van der Waals surface area contributed by atoms with Gasteiger partial charge in [-0.15, -0.1) is 0 Å². The molecule has 0 amide bonds. The molecule has 0 unspecified atom stereocenters. The molecule has 6 nitrogen and oxygen atoms in total. The Bertz CT molecular complexity index is 1190. The number of hydrogen-bond acceptors (Lipinski definition) is 6. The van der Waals surface area contributed by atoms with Crippen molar-refractivity contribution >= 4 is 34.6 Å². The predicted octanol–water partition coefficient (Wildman–Crippen LogP) is 4.63. The smallest absolute Gasteiger partial charge is 0.431 e. The average molecular weight is 417 g/mol. The standard InChI is InChI=1S/C20H15F4N5O/c21-10-2-1-3-11(6-10)30-17-7-16(13(9-26)19(28)20(22,23)24)29-15-5-4-14(27)12(8-25)18(15)17/h1-9,25-26H,27-28H2. The average Bonchev–Trinajstić information content (AvgIpc) is 2.68. The Kier molecular flexibility index (Phi) is 5.41. The number of aromatic nitrogens is 1.